The maximum Gasteiger partial charge on any atom is 0.146 e. The molecule has 0 saturated heterocycles. The van der Waals surface area contributed by atoms with Crippen molar-refractivity contribution in [2.24, 2.45) is 0 Å². The van der Waals surface area contributed by atoms with Gasteiger partial charge in [0.1, 0.15) is 17.2 Å². The number of hydrogen-bond donors (Lipinski definition) is 0. The van der Waals surface area contributed by atoms with Gasteiger partial charge in [-0.1, -0.05) is 53.5 Å². The first-order valence-electron chi connectivity index (χ1n) is 8.09. The van der Waals surface area contributed by atoms with Crippen molar-refractivity contribution in [3.05, 3.63) is 87.9 Å². The third kappa shape index (κ3) is 4.62. The Morgan fingerprint density at radius 2 is 1.78 bits per heavy atom. The highest BCUT2D eigenvalue weighted by molar-refractivity contribution is 6.35. The van der Waals surface area contributed by atoms with Gasteiger partial charge in [-0.05, 0) is 48.0 Å². The molecule has 134 valence electrons. The average molecular weight is 396 g/mol. The zero-order valence-electron chi connectivity index (χ0n) is 14.4. The minimum atomic E-state index is 0.412. The normalized spacial score (nSPS) is 11.0. The van der Waals surface area contributed by atoms with Crippen molar-refractivity contribution in [2.75, 3.05) is 7.11 Å². The first-order valence-corrected chi connectivity index (χ1v) is 8.84. The number of nitriles is 1. The summed E-state index contributed by atoms with van der Waals surface area (Å²) >= 11 is 12.1. The van der Waals surface area contributed by atoms with Gasteiger partial charge in [-0.3, -0.25) is 0 Å². The van der Waals surface area contributed by atoms with Gasteiger partial charge in [0.15, 0.2) is 0 Å². The monoisotopic (exact) mass is 395 g/mol. The molecule has 0 fully saturated rings. The van der Waals surface area contributed by atoms with Gasteiger partial charge < -0.3 is 9.47 Å². The highest BCUT2D eigenvalue weighted by Gasteiger charge is 2.09. The van der Waals surface area contributed by atoms with E-state index in [0.29, 0.717) is 32.9 Å². The molecule has 5 heteroatoms. The molecule has 0 aliphatic rings. The lowest BCUT2D eigenvalue weighted by Crippen LogP contribution is -1.90. The first-order chi connectivity index (χ1) is 13.1. The summed E-state index contributed by atoms with van der Waals surface area (Å²) in [7, 11) is 1.59. The number of hydrogen-bond acceptors (Lipinski definition) is 3. The lowest BCUT2D eigenvalue weighted by molar-refractivity contribution is 0.414. The Balaban J connectivity index is 1.99. The van der Waals surface area contributed by atoms with Gasteiger partial charge in [-0.15, -0.1) is 0 Å². The van der Waals surface area contributed by atoms with Crippen molar-refractivity contribution >= 4 is 34.9 Å². The molecule has 27 heavy (non-hydrogen) atoms. The Kier molecular flexibility index (Phi) is 6.03. The number of halogens is 2. The highest BCUT2D eigenvalue weighted by atomic mass is 35.5. The van der Waals surface area contributed by atoms with Crippen molar-refractivity contribution in [2.45, 2.75) is 0 Å². The second-order valence-electron chi connectivity index (χ2n) is 5.62. The summed E-state index contributed by atoms with van der Waals surface area (Å²) in [6, 6.07) is 22.0. The Morgan fingerprint density at radius 3 is 2.52 bits per heavy atom. The smallest absolute Gasteiger partial charge is 0.146 e. The largest absolute Gasteiger partial charge is 0.497 e. The van der Waals surface area contributed by atoms with Gasteiger partial charge in [-0.2, -0.15) is 5.26 Å². The third-order valence-corrected chi connectivity index (χ3v) is 4.36. The first kappa shape index (κ1) is 18.8. The summed E-state index contributed by atoms with van der Waals surface area (Å²) in [5.74, 6) is 1.75. The van der Waals surface area contributed by atoms with Gasteiger partial charge in [0.2, 0.25) is 0 Å². The van der Waals surface area contributed by atoms with Crippen molar-refractivity contribution in [3.63, 3.8) is 0 Å². The molecule has 0 aliphatic carbocycles. The van der Waals surface area contributed by atoms with E-state index >= 15 is 0 Å². The molecule has 0 bridgehead atoms. The van der Waals surface area contributed by atoms with Crippen LogP contribution < -0.4 is 9.47 Å². The van der Waals surface area contributed by atoms with Gasteiger partial charge in [0.05, 0.1) is 23.8 Å². The fraction of sp³-hybridized carbons (Fsp3) is 0.0455. The van der Waals surface area contributed by atoms with Gasteiger partial charge in [-0.25, -0.2) is 0 Å². The van der Waals surface area contributed by atoms with Gasteiger partial charge in [0, 0.05) is 10.6 Å². The maximum atomic E-state index is 9.62. The molecule has 3 nitrogen and oxygen atoms in total. The van der Waals surface area contributed by atoms with Crippen LogP contribution in [-0.4, -0.2) is 7.11 Å². The summed E-state index contributed by atoms with van der Waals surface area (Å²) in [5, 5.41) is 10.6. The van der Waals surface area contributed by atoms with Crippen LogP contribution in [0.15, 0.2) is 66.7 Å². The van der Waals surface area contributed by atoms with Crippen molar-refractivity contribution in [3.8, 4) is 23.3 Å². The lowest BCUT2D eigenvalue weighted by Gasteiger charge is -2.11. The Bertz CT molecular complexity index is 1040. The lowest BCUT2D eigenvalue weighted by atomic mass is 10.0. The average Bonchev–Trinajstić information content (AvgIpc) is 2.69. The van der Waals surface area contributed by atoms with E-state index in [2.05, 4.69) is 6.07 Å². The summed E-state index contributed by atoms with van der Waals surface area (Å²) in [5.41, 5.74) is 2.01. The second kappa shape index (κ2) is 8.64. The van der Waals surface area contributed by atoms with E-state index < -0.39 is 0 Å². The van der Waals surface area contributed by atoms with E-state index in [9.17, 15) is 5.26 Å². The number of allylic oxidation sites excluding steroid dienone is 1. The van der Waals surface area contributed by atoms with Crippen molar-refractivity contribution < 1.29 is 9.47 Å². The summed E-state index contributed by atoms with van der Waals surface area (Å²) in [4.78, 5) is 0. The number of benzene rings is 3. The molecule has 0 radical (unpaired) electrons. The molecule has 0 aromatic heterocycles. The minimum absolute atomic E-state index is 0.412. The molecule has 3 aromatic rings. The fourth-order valence-electron chi connectivity index (χ4n) is 2.50. The van der Waals surface area contributed by atoms with E-state index in [4.69, 9.17) is 32.7 Å². The molecule has 3 rings (SSSR count). The van der Waals surface area contributed by atoms with Crippen LogP contribution in [0.25, 0.3) is 11.6 Å². The second-order valence-corrected chi connectivity index (χ2v) is 6.46. The number of rotatable bonds is 5. The topological polar surface area (TPSA) is 42.2 Å². The summed E-state index contributed by atoms with van der Waals surface area (Å²) in [6.45, 7) is 0. The van der Waals surface area contributed by atoms with Crippen LogP contribution in [0.5, 0.6) is 17.2 Å². The zero-order valence-corrected chi connectivity index (χ0v) is 16.0. The molecule has 0 spiro atoms. The summed E-state index contributed by atoms with van der Waals surface area (Å²) in [6.07, 6.45) is 1.77. The van der Waals surface area contributed by atoms with Crippen LogP contribution >= 0.6 is 23.2 Å². The van der Waals surface area contributed by atoms with Crippen molar-refractivity contribution in [1.29, 1.82) is 5.26 Å². The SMILES string of the molecule is COc1cccc(/C(C#N)=C\c2ccccc2Oc2ccc(Cl)cc2Cl)c1. The van der Waals surface area contributed by atoms with Crippen molar-refractivity contribution in [1.82, 2.24) is 0 Å². The zero-order chi connectivity index (χ0) is 19.2. The molecule has 0 unspecified atom stereocenters. The quantitative estimate of drug-likeness (QED) is 0.350. The molecule has 0 heterocycles. The summed E-state index contributed by atoms with van der Waals surface area (Å²) < 4.78 is 11.2. The molecular weight excluding hydrogens is 381 g/mol. The highest BCUT2D eigenvalue weighted by Crippen LogP contribution is 2.34. The predicted molar refractivity (Wildman–Crippen MR) is 109 cm³/mol. The molecule has 0 atom stereocenters. The Hall–Kier alpha value is -2.93. The van der Waals surface area contributed by atoms with Crippen LogP contribution in [0.1, 0.15) is 11.1 Å². The van der Waals surface area contributed by atoms with Crippen LogP contribution in [0.3, 0.4) is 0 Å². The van der Waals surface area contributed by atoms with E-state index in [1.807, 2.05) is 48.5 Å². The van der Waals surface area contributed by atoms with E-state index in [0.717, 1.165) is 11.1 Å². The molecule has 0 aliphatic heterocycles. The Morgan fingerprint density at radius 1 is 0.963 bits per heavy atom. The predicted octanol–water partition coefficient (Wildman–Crippen LogP) is 6.86. The number of para-hydroxylation sites is 1. The van der Waals surface area contributed by atoms with E-state index in [1.54, 1.807) is 31.4 Å². The van der Waals surface area contributed by atoms with Gasteiger partial charge in [0.25, 0.3) is 0 Å². The van der Waals surface area contributed by atoms with Crippen LogP contribution in [0.4, 0.5) is 0 Å². The standard InChI is InChI=1S/C22H15Cl2NO2/c1-26-19-7-4-6-15(12-19)17(14-25)11-16-5-2-3-8-21(16)27-22-10-9-18(23)13-20(22)24/h2-13H,1H3/b17-11-. The van der Waals surface area contributed by atoms with Gasteiger partial charge >= 0.3 is 0 Å². The van der Waals surface area contributed by atoms with E-state index in [1.165, 1.54) is 0 Å². The van der Waals surface area contributed by atoms with Crippen LogP contribution in [0, 0.1) is 11.3 Å². The van der Waals surface area contributed by atoms with Crippen LogP contribution in [0.2, 0.25) is 10.0 Å². The molecule has 3 aromatic carbocycles. The molecule has 0 amide bonds. The molecule has 0 N–H and O–H groups in total. The number of nitrogens with zero attached hydrogens (tertiary/aromatic N) is 1. The fourth-order valence-corrected chi connectivity index (χ4v) is 2.94. The molecule has 0 saturated carbocycles. The van der Waals surface area contributed by atoms with Crippen LogP contribution in [-0.2, 0) is 0 Å². The molecular formula is C22H15Cl2NO2. The van der Waals surface area contributed by atoms with E-state index in [-0.39, 0.29) is 0 Å². The number of ether oxygens (including phenoxy) is 2. The maximum absolute atomic E-state index is 9.62. The Labute approximate surface area is 168 Å². The third-order valence-electron chi connectivity index (χ3n) is 3.83. The minimum Gasteiger partial charge on any atom is -0.497 e. The number of methoxy groups -OCH3 is 1.